The fraction of sp³-hybridized carbons (Fsp3) is 0.143. The largest absolute Gasteiger partial charge is 0.341 e. The molecule has 0 fully saturated rings. The lowest BCUT2D eigenvalue weighted by Crippen LogP contribution is -2.24. The maximum Gasteiger partial charge on any atom is 0.252 e. The lowest BCUT2D eigenvalue weighted by molar-refractivity contribution is 0.0960. The van der Waals surface area contributed by atoms with Crippen molar-refractivity contribution >= 4 is 16.8 Å². The van der Waals surface area contributed by atoms with Crippen LogP contribution < -0.4 is 5.32 Å². The first-order chi connectivity index (χ1) is 11.6. The number of terminal acetylenes is 1. The van der Waals surface area contributed by atoms with Gasteiger partial charge in [0.2, 0.25) is 0 Å². The summed E-state index contributed by atoms with van der Waals surface area (Å²) in [6, 6.07) is 15.7. The van der Waals surface area contributed by atoms with Crippen molar-refractivity contribution in [2.75, 3.05) is 6.54 Å². The summed E-state index contributed by atoms with van der Waals surface area (Å²) in [5.74, 6) is 2.25. The second-order valence-electron chi connectivity index (χ2n) is 5.78. The van der Waals surface area contributed by atoms with Gasteiger partial charge in [0.15, 0.2) is 0 Å². The fourth-order valence-corrected chi connectivity index (χ4v) is 2.83. The number of nitrogens with zero attached hydrogens (tertiary/aromatic N) is 1. The average molecular weight is 314 g/mol. The summed E-state index contributed by atoms with van der Waals surface area (Å²) in [5.41, 5.74) is 5.53. The maximum absolute atomic E-state index is 12.5. The van der Waals surface area contributed by atoms with Crippen molar-refractivity contribution in [1.82, 2.24) is 10.3 Å². The number of aromatic nitrogens is 1. The number of para-hydroxylation sites is 1. The van der Waals surface area contributed by atoms with E-state index < -0.39 is 0 Å². The van der Waals surface area contributed by atoms with Crippen molar-refractivity contribution < 1.29 is 4.79 Å². The van der Waals surface area contributed by atoms with Crippen molar-refractivity contribution in [2.45, 2.75) is 13.8 Å². The number of hydrogen-bond acceptors (Lipinski definition) is 2. The van der Waals surface area contributed by atoms with E-state index in [4.69, 9.17) is 11.4 Å². The first kappa shape index (κ1) is 15.8. The van der Waals surface area contributed by atoms with Crippen LogP contribution in [0.4, 0.5) is 0 Å². The van der Waals surface area contributed by atoms with Crippen LogP contribution in [0.3, 0.4) is 0 Å². The third-order valence-corrected chi connectivity index (χ3v) is 3.97. The maximum atomic E-state index is 12.5. The molecule has 0 saturated heterocycles. The van der Waals surface area contributed by atoms with Crippen LogP contribution in [0.15, 0.2) is 48.5 Å². The van der Waals surface area contributed by atoms with Gasteiger partial charge in [0.05, 0.1) is 23.3 Å². The topological polar surface area (TPSA) is 42.0 Å². The minimum atomic E-state index is -0.183. The van der Waals surface area contributed by atoms with Crippen molar-refractivity contribution in [3.8, 4) is 23.6 Å². The van der Waals surface area contributed by atoms with Crippen LogP contribution in [-0.4, -0.2) is 17.4 Å². The van der Waals surface area contributed by atoms with Gasteiger partial charge in [-0.25, -0.2) is 4.98 Å². The highest BCUT2D eigenvalue weighted by molar-refractivity contribution is 6.07. The molecule has 0 saturated carbocycles. The Morgan fingerprint density at radius 3 is 2.71 bits per heavy atom. The Kier molecular flexibility index (Phi) is 4.31. The molecular formula is C21H18N2O. The van der Waals surface area contributed by atoms with Crippen molar-refractivity contribution in [3.63, 3.8) is 0 Å². The van der Waals surface area contributed by atoms with E-state index in [1.165, 1.54) is 5.56 Å². The lowest BCUT2D eigenvalue weighted by atomic mass is 9.99. The Balaban J connectivity index is 2.20. The minimum Gasteiger partial charge on any atom is -0.341 e. The first-order valence-corrected chi connectivity index (χ1v) is 7.79. The standard InChI is InChI=1S/C21H18N2O/c1-4-11-22-21(24)18-13-20(16-10-9-14(2)12-15(16)3)23-19-8-6-5-7-17(18)19/h1,5-10,12-13H,11H2,2-3H3,(H,22,24). The van der Waals surface area contributed by atoms with Gasteiger partial charge in [0, 0.05) is 10.9 Å². The van der Waals surface area contributed by atoms with E-state index in [-0.39, 0.29) is 12.5 Å². The molecule has 118 valence electrons. The van der Waals surface area contributed by atoms with Gasteiger partial charge >= 0.3 is 0 Å². The molecule has 0 bridgehead atoms. The summed E-state index contributed by atoms with van der Waals surface area (Å²) in [4.78, 5) is 17.2. The lowest BCUT2D eigenvalue weighted by Gasteiger charge is -2.11. The number of hydrogen-bond donors (Lipinski definition) is 1. The number of amides is 1. The molecule has 3 heteroatoms. The fourth-order valence-electron chi connectivity index (χ4n) is 2.83. The molecule has 0 radical (unpaired) electrons. The van der Waals surface area contributed by atoms with Crippen molar-refractivity contribution in [3.05, 3.63) is 65.2 Å². The van der Waals surface area contributed by atoms with E-state index in [0.717, 1.165) is 27.7 Å². The Morgan fingerprint density at radius 2 is 1.96 bits per heavy atom. The van der Waals surface area contributed by atoms with E-state index in [9.17, 15) is 4.79 Å². The molecule has 3 rings (SSSR count). The minimum absolute atomic E-state index is 0.183. The number of pyridine rings is 1. The van der Waals surface area contributed by atoms with E-state index >= 15 is 0 Å². The van der Waals surface area contributed by atoms with Gasteiger partial charge in [-0.2, -0.15) is 0 Å². The molecule has 0 aliphatic rings. The Bertz CT molecular complexity index is 967. The zero-order valence-electron chi connectivity index (χ0n) is 13.8. The molecule has 1 N–H and O–H groups in total. The summed E-state index contributed by atoms with van der Waals surface area (Å²) >= 11 is 0. The molecular weight excluding hydrogens is 296 g/mol. The van der Waals surface area contributed by atoms with Crippen LogP contribution in [0.5, 0.6) is 0 Å². The summed E-state index contributed by atoms with van der Waals surface area (Å²) in [6.07, 6.45) is 5.25. The van der Waals surface area contributed by atoms with E-state index in [1.807, 2.05) is 36.4 Å². The van der Waals surface area contributed by atoms with Gasteiger partial charge in [-0.05, 0) is 31.5 Å². The van der Waals surface area contributed by atoms with Gasteiger partial charge in [-0.1, -0.05) is 47.9 Å². The van der Waals surface area contributed by atoms with Gasteiger partial charge in [0.1, 0.15) is 0 Å². The van der Waals surface area contributed by atoms with E-state index in [1.54, 1.807) is 0 Å². The number of fused-ring (bicyclic) bond motifs is 1. The van der Waals surface area contributed by atoms with Crippen LogP contribution in [-0.2, 0) is 0 Å². The highest BCUT2D eigenvalue weighted by Crippen LogP contribution is 2.27. The average Bonchev–Trinajstić information content (AvgIpc) is 2.58. The van der Waals surface area contributed by atoms with E-state index in [0.29, 0.717) is 5.56 Å². The summed E-state index contributed by atoms with van der Waals surface area (Å²) < 4.78 is 0. The molecule has 1 amide bonds. The number of benzene rings is 2. The quantitative estimate of drug-likeness (QED) is 0.745. The number of rotatable bonds is 3. The van der Waals surface area contributed by atoms with Crippen LogP contribution in [0.1, 0.15) is 21.5 Å². The Hall–Kier alpha value is -3.12. The smallest absolute Gasteiger partial charge is 0.252 e. The second kappa shape index (κ2) is 6.55. The van der Waals surface area contributed by atoms with Crippen LogP contribution >= 0.6 is 0 Å². The molecule has 0 aliphatic heterocycles. The molecule has 1 heterocycles. The van der Waals surface area contributed by atoms with Crippen molar-refractivity contribution in [1.29, 1.82) is 0 Å². The van der Waals surface area contributed by atoms with Gasteiger partial charge in [-0.15, -0.1) is 6.42 Å². The molecule has 3 aromatic rings. The molecule has 1 aromatic heterocycles. The highest BCUT2D eigenvalue weighted by atomic mass is 16.1. The van der Waals surface area contributed by atoms with Crippen molar-refractivity contribution in [2.24, 2.45) is 0 Å². The molecule has 2 aromatic carbocycles. The first-order valence-electron chi connectivity index (χ1n) is 7.79. The predicted molar refractivity (Wildman–Crippen MR) is 97.8 cm³/mol. The zero-order valence-corrected chi connectivity index (χ0v) is 13.8. The summed E-state index contributed by atoms with van der Waals surface area (Å²) in [6.45, 7) is 4.31. The van der Waals surface area contributed by atoms with Crippen LogP contribution in [0.25, 0.3) is 22.2 Å². The summed E-state index contributed by atoms with van der Waals surface area (Å²) in [7, 11) is 0. The third kappa shape index (κ3) is 3.00. The SMILES string of the molecule is C#CCNC(=O)c1cc(-c2ccc(C)cc2C)nc2ccccc12. The molecule has 24 heavy (non-hydrogen) atoms. The third-order valence-electron chi connectivity index (χ3n) is 3.97. The molecule has 0 aliphatic carbocycles. The number of aryl methyl sites for hydroxylation is 2. The van der Waals surface area contributed by atoms with Crippen LogP contribution in [0.2, 0.25) is 0 Å². The highest BCUT2D eigenvalue weighted by Gasteiger charge is 2.14. The Morgan fingerprint density at radius 1 is 1.17 bits per heavy atom. The van der Waals surface area contributed by atoms with Gasteiger partial charge in [0.25, 0.3) is 5.91 Å². The zero-order chi connectivity index (χ0) is 17.1. The summed E-state index contributed by atoms with van der Waals surface area (Å²) in [5, 5.41) is 3.56. The number of carbonyl (C=O) groups excluding carboxylic acids is 1. The Labute approximate surface area is 141 Å². The van der Waals surface area contributed by atoms with Gasteiger partial charge < -0.3 is 5.32 Å². The monoisotopic (exact) mass is 314 g/mol. The van der Waals surface area contributed by atoms with Gasteiger partial charge in [-0.3, -0.25) is 4.79 Å². The molecule has 0 spiro atoms. The van der Waals surface area contributed by atoms with E-state index in [2.05, 4.69) is 37.2 Å². The molecule has 0 atom stereocenters. The second-order valence-corrected chi connectivity index (χ2v) is 5.78. The molecule has 0 unspecified atom stereocenters. The normalized spacial score (nSPS) is 10.4. The molecule has 3 nitrogen and oxygen atoms in total. The number of carbonyl (C=O) groups is 1. The number of nitrogens with one attached hydrogen (secondary N) is 1. The predicted octanol–water partition coefficient (Wildman–Crippen LogP) is 3.88. The van der Waals surface area contributed by atoms with Crippen LogP contribution in [0, 0.1) is 26.2 Å².